The number of hydrogen-bond donors (Lipinski definition) is 2. The van der Waals surface area contributed by atoms with Crippen molar-refractivity contribution in [3.05, 3.63) is 59.7 Å². The van der Waals surface area contributed by atoms with E-state index < -0.39 is 12.1 Å². The second-order valence-electron chi connectivity index (χ2n) is 9.95. The first-order valence-electron chi connectivity index (χ1n) is 13.0. The number of ether oxygens (including phenoxy) is 1. The number of amides is 3. The molecule has 188 valence electrons. The molecule has 0 radical (unpaired) electrons. The van der Waals surface area contributed by atoms with Crippen molar-refractivity contribution in [3.8, 4) is 0 Å². The maximum absolute atomic E-state index is 12.9. The van der Waals surface area contributed by atoms with E-state index in [1.54, 1.807) is 4.90 Å². The van der Waals surface area contributed by atoms with Gasteiger partial charge in [0.1, 0.15) is 12.1 Å². The Bertz CT molecular complexity index is 1120. The zero-order valence-electron chi connectivity index (χ0n) is 20.4. The van der Waals surface area contributed by atoms with Gasteiger partial charge in [0.05, 0.1) is 0 Å². The predicted molar refractivity (Wildman–Crippen MR) is 140 cm³/mol. The summed E-state index contributed by atoms with van der Waals surface area (Å²) in [5.41, 5.74) is 3.56. The Balaban J connectivity index is 1.13. The van der Waals surface area contributed by atoms with Crippen LogP contribution < -0.4 is 10.6 Å². The van der Waals surface area contributed by atoms with E-state index in [4.69, 9.17) is 4.74 Å². The lowest BCUT2D eigenvalue weighted by Gasteiger charge is -2.26. The average Bonchev–Trinajstić information content (AvgIpc) is 3.34. The molecular weight excluding hydrogens is 454 g/mol. The number of nitrogens with zero attached hydrogens (tertiary/aromatic N) is 1. The SMILES string of the molecule is O=C(CC1CC1)Nc1ccc(/C=C/c2ccc(NC(=O)[C@@H]3CCCN3C(=O)[C@H]3CCCO3)cc2)cc1. The summed E-state index contributed by atoms with van der Waals surface area (Å²) in [5, 5.41) is 5.92. The van der Waals surface area contributed by atoms with Crippen LogP contribution in [0.25, 0.3) is 12.2 Å². The molecule has 3 amide bonds. The molecule has 7 nitrogen and oxygen atoms in total. The molecule has 1 aliphatic carbocycles. The van der Waals surface area contributed by atoms with Crippen molar-refractivity contribution in [3.63, 3.8) is 0 Å². The molecule has 2 aromatic rings. The van der Waals surface area contributed by atoms with Gasteiger partial charge in [0.2, 0.25) is 11.8 Å². The minimum absolute atomic E-state index is 0.0562. The minimum atomic E-state index is -0.442. The molecule has 0 bridgehead atoms. The average molecular weight is 488 g/mol. The normalized spacial score (nSPS) is 21.6. The van der Waals surface area contributed by atoms with E-state index in [0.717, 1.165) is 36.1 Å². The summed E-state index contributed by atoms with van der Waals surface area (Å²) in [7, 11) is 0. The van der Waals surface area contributed by atoms with E-state index in [9.17, 15) is 14.4 Å². The number of likely N-dealkylation sites (tertiary alicyclic amines) is 1. The Hall–Kier alpha value is -3.45. The molecule has 0 unspecified atom stereocenters. The van der Waals surface area contributed by atoms with Crippen LogP contribution in [-0.2, 0) is 19.1 Å². The zero-order chi connectivity index (χ0) is 24.9. The number of hydrogen-bond acceptors (Lipinski definition) is 4. The second kappa shape index (κ2) is 11.1. The van der Waals surface area contributed by atoms with Crippen LogP contribution in [0.2, 0.25) is 0 Å². The molecule has 2 heterocycles. The van der Waals surface area contributed by atoms with Gasteiger partial charge in [0, 0.05) is 30.9 Å². The van der Waals surface area contributed by atoms with Crippen molar-refractivity contribution in [2.45, 2.75) is 57.1 Å². The smallest absolute Gasteiger partial charge is 0.252 e. The quantitative estimate of drug-likeness (QED) is 0.528. The van der Waals surface area contributed by atoms with E-state index >= 15 is 0 Å². The Morgan fingerprint density at radius 2 is 1.47 bits per heavy atom. The third-order valence-corrected chi connectivity index (χ3v) is 7.06. The molecule has 0 spiro atoms. The lowest BCUT2D eigenvalue weighted by atomic mass is 10.1. The van der Waals surface area contributed by atoms with Gasteiger partial charge in [-0.3, -0.25) is 14.4 Å². The largest absolute Gasteiger partial charge is 0.368 e. The number of nitrogens with one attached hydrogen (secondary N) is 2. The fourth-order valence-electron chi connectivity index (χ4n) is 4.83. The first-order valence-corrected chi connectivity index (χ1v) is 13.0. The Morgan fingerprint density at radius 1 is 0.833 bits per heavy atom. The van der Waals surface area contributed by atoms with Crippen molar-refractivity contribution in [2.75, 3.05) is 23.8 Å². The molecule has 0 aromatic heterocycles. The summed E-state index contributed by atoms with van der Waals surface area (Å²) in [4.78, 5) is 39.3. The highest BCUT2D eigenvalue weighted by molar-refractivity contribution is 5.98. The van der Waals surface area contributed by atoms with Gasteiger partial charge in [0.25, 0.3) is 5.91 Å². The van der Waals surface area contributed by atoms with Crippen LogP contribution in [0.15, 0.2) is 48.5 Å². The number of carbonyl (C=O) groups is 3. The van der Waals surface area contributed by atoms with Gasteiger partial charge >= 0.3 is 0 Å². The number of anilines is 2. The highest BCUT2D eigenvalue weighted by atomic mass is 16.5. The predicted octanol–water partition coefficient (Wildman–Crippen LogP) is 4.70. The van der Waals surface area contributed by atoms with Gasteiger partial charge in [-0.05, 0) is 79.8 Å². The van der Waals surface area contributed by atoms with Crippen molar-refractivity contribution >= 4 is 41.2 Å². The number of rotatable bonds is 8. The first kappa shape index (κ1) is 24.3. The summed E-state index contributed by atoms with van der Waals surface area (Å²) in [6.07, 6.45) is 9.70. The molecule has 1 saturated carbocycles. The summed E-state index contributed by atoms with van der Waals surface area (Å²) in [6, 6.07) is 15.0. The van der Waals surface area contributed by atoms with Crippen LogP contribution in [0, 0.1) is 5.92 Å². The maximum Gasteiger partial charge on any atom is 0.252 e. The third kappa shape index (κ3) is 6.21. The third-order valence-electron chi connectivity index (χ3n) is 7.06. The van der Waals surface area contributed by atoms with Gasteiger partial charge in [-0.1, -0.05) is 36.4 Å². The molecular formula is C29H33N3O4. The van der Waals surface area contributed by atoms with E-state index in [2.05, 4.69) is 10.6 Å². The highest BCUT2D eigenvalue weighted by Gasteiger charge is 2.38. The fraction of sp³-hybridized carbons (Fsp3) is 0.414. The molecule has 36 heavy (non-hydrogen) atoms. The van der Waals surface area contributed by atoms with Gasteiger partial charge in [0.15, 0.2) is 0 Å². The fourth-order valence-corrected chi connectivity index (χ4v) is 4.83. The molecule has 2 aliphatic heterocycles. The Labute approximate surface area is 211 Å². The standard InChI is InChI=1S/C29H33N3O4/c33-27(19-22-7-8-22)30-23-13-9-20(10-14-23)5-6-21-11-15-24(16-12-21)31-28(34)25-3-1-17-32(25)29(35)26-4-2-18-36-26/h5-6,9-16,22,25-26H,1-4,7-8,17-19H2,(H,30,33)(H,31,34)/b6-5+/t25-,26+/m0/s1. The Kier molecular flexibility index (Phi) is 7.47. The van der Waals surface area contributed by atoms with Crippen LogP contribution in [-0.4, -0.2) is 47.9 Å². The molecule has 3 aliphatic rings. The summed E-state index contributed by atoms with van der Waals surface area (Å²) in [5.74, 6) is 0.457. The van der Waals surface area contributed by atoms with Crippen molar-refractivity contribution in [1.82, 2.24) is 4.90 Å². The number of benzene rings is 2. The van der Waals surface area contributed by atoms with E-state index in [-0.39, 0.29) is 17.7 Å². The molecule has 2 N–H and O–H groups in total. The van der Waals surface area contributed by atoms with Crippen LogP contribution in [0.5, 0.6) is 0 Å². The molecule has 3 fully saturated rings. The minimum Gasteiger partial charge on any atom is -0.368 e. The van der Waals surface area contributed by atoms with Crippen LogP contribution in [0.4, 0.5) is 11.4 Å². The summed E-state index contributed by atoms with van der Waals surface area (Å²) < 4.78 is 5.53. The van der Waals surface area contributed by atoms with Crippen molar-refractivity contribution in [2.24, 2.45) is 5.92 Å². The molecule has 2 saturated heterocycles. The summed E-state index contributed by atoms with van der Waals surface area (Å²) >= 11 is 0. The Morgan fingerprint density at radius 3 is 2.06 bits per heavy atom. The second-order valence-corrected chi connectivity index (χ2v) is 9.95. The summed E-state index contributed by atoms with van der Waals surface area (Å²) in [6.45, 7) is 1.22. The van der Waals surface area contributed by atoms with Crippen molar-refractivity contribution in [1.29, 1.82) is 0 Å². The molecule has 2 atom stereocenters. The topological polar surface area (TPSA) is 87.7 Å². The van der Waals surface area contributed by atoms with E-state index in [0.29, 0.717) is 37.6 Å². The lowest BCUT2D eigenvalue weighted by Crippen LogP contribution is -2.47. The maximum atomic E-state index is 12.9. The van der Waals surface area contributed by atoms with Gasteiger partial charge in [-0.15, -0.1) is 0 Å². The molecule has 7 heteroatoms. The van der Waals surface area contributed by atoms with Gasteiger partial charge in [-0.25, -0.2) is 0 Å². The van der Waals surface area contributed by atoms with Crippen LogP contribution >= 0.6 is 0 Å². The van der Waals surface area contributed by atoms with Gasteiger partial charge < -0.3 is 20.3 Å². The first-order chi connectivity index (χ1) is 17.5. The zero-order valence-corrected chi connectivity index (χ0v) is 20.4. The monoisotopic (exact) mass is 487 g/mol. The van der Waals surface area contributed by atoms with E-state index in [1.165, 1.54) is 12.8 Å². The van der Waals surface area contributed by atoms with Crippen molar-refractivity contribution < 1.29 is 19.1 Å². The highest BCUT2D eigenvalue weighted by Crippen LogP contribution is 2.32. The van der Waals surface area contributed by atoms with E-state index in [1.807, 2.05) is 60.7 Å². The molecule has 2 aromatic carbocycles. The lowest BCUT2D eigenvalue weighted by molar-refractivity contribution is -0.144. The van der Waals surface area contributed by atoms with Gasteiger partial charge in [-0.2, -0.15) is 0 Å². The molecule has 5 rings (SSSR count). The van der Waals surface area contributed by atoms with Crippen LogP contribution in [0.1, 0.15) is 56.1 Å². The van der Waals surface area contributed by atoms with Crippen LogP contribution in [0.3, 0.4) is 0 Å². The number of carbonyl (C=O) groups excluding carboxylic acids is 3.